The Morgan fingerprint density at radius 3 is 2.29 bits per heavy atom. The van der Waals surface area contributed by atoms with E-state index in [1.165, 1.54) is 13.8 Å². The molecule has 0 spiro atoms. The molecular formula is C10H17NO3. The summed E-state index contributed by atoms with van der Waals surface area (Å²) in [7, 11) is 0. The molecule has 0 aromatic heterocycles. The smallest absolute Gasteiger partial charge is 0.328 e. The van der Waals surface area contributed by atoms with Crippen molar-refractivity contribution in [2.24, 2.45) is 11.8 Å². The summed E-state index contributed by atoms with van der Waals surface area (Å²) in [5, 5.41) is 11.3. The Labute approximate surface area is 83.7 Å². The van der Waals surface area contributed by atoms with E-state index in [1.807, 2.05) is 6.92 Å². The Hall–Kier alpha value is -1.06. The fourth-order valence-corrected chi connectivity index (χ4v) is 1.29. The summed E-state index contributed by atoms with van der Waals surface area (Å²) in [6.45, 7) is 4.84. The predicted octanol–water partition coefficient (Wildman–Crippen LogP) is 1.01. The summed E-state index contributed by atoms with van der Waals surface area (Å²) in [6, 6.07) is 0. The van der Waals surface area contributed by atoms with Gasteiger partial charge in [-0.1, -0.05) is 6.92 Å². The summed E-state index contributed by atoms with van der Waals surface area (Å²) < 4.78 is 0. The Morgan fingerprint density at radius 2 is 1.93 bits per heavy atom. The molecule has 0 heterocycles. The van der Waals surface area contributed by atoms with Gasteiger partial charge in [0.05, 0.1) is 0 Å². The van der Waals surface area contributed by atoms with Crippen LogP contribution in [0.5, 0.6) is 0 Å². The lowest BCUT2D eigenvalue weighted by Crippen LogP contribution is -2.51. The normalized spacial score (nSPS) is 18.8. The highest BCUT2D eigenvalue weighted by Gasteiger charge is 2.36. The average Bonchev–Trinajstić information content (AvgIpc) is 2.84. The van der Waals surface area contributed by atoms with Crippen LogP contribution in [0.25, 0.3) is 0 Å². The third kappa shape index (κ3) is 2.47. The van der Waals surface area contributed by atoms with Crippen molar-refractivity contribution in [1.29, 1.82) is 0 Å². The molecule has 0 radical (unpaired) electrons. The third-order valence-electron chi connectivity index (χ3n) is 2.71. The van der Waals surface area contributed by atoms with Crippen LogP contribution in [0.3, 0.4) is 0 Å². The van der Waals surface area contributed by atoms with Gasteiger partial charge in [-0.15, -0.1) is 0 Å². The molecule has 1 atom stereocenters. The van der Waals surface area contributed by atoms with E-state index in [2.05, 4.69) is 5.32 Å². The highest BCUT2D eigenvalue weighted by Crippen LogP contribution is 2.36. The number of rotatable bonds is 4. The van der Waals surface area contributed by atoms with Gasteiger partial charge < -0.3 is 10.4 Å². The lowest BCUT2D eigenvalue weighted by atomic mass is 10.0. The number of amides is 1. The van der Waals surface area contributed by atoms with Crippen LogP contribution in [0.2, 0.25) is 0 Å². The van der Waals surface area contributed by atoms with E-state index >= 15 is 0 Å². The molecule has 4 heteroatoms. The molecule has 1 rings (SSSR count). The van der Waals surface area contributed by atoms with Crippen LogP contribution in [0.1, 0.15) is 33.6 Å². The molecule has 1 amide bonds. The summed E-state index contributed by atoms with van der Waals surface area (Å²) >= 11 is 0. The van der Waals surface area contributed by atoms with Crippen LogP contribution < -0.4 is 5.32 Å². The van der Waals surface area contributed by atoms with E-state index in [0.717, 1.165) is 12.8 Å². The van der Waals surface area contributed by atoms with E-state index < -0.39 is 11.5 Å². The number of carbonyl (C=O) groups is 2. The molecule has 4 nitrogen and oxygen atoms in total. The molecule has 1 saturated carbocycles. The maximum absolute atomic E-state index is 11.6. The summed E-state index contributed by atoms with van der Waals surface area (Å²) in [4.78, 5) is 22.3. The summed E-state index contributed by atoms with van der Waals surface area (Å²) in [5.41, 5.74) is -1.17. The van der Waals surface area contributed by atoms with Gasteiger partial charge in [0.15, 0.2) is 0 Å². The second kappa shape index (κ2) is 3.59. The second-order valence-corrected chi connectivity index (χ2v) is 4.55. The first-order valence-corrected chi connectivity index (χ1v) is 4.90. The topological polar surface area (TPSA) is 66.4 Å². The lowest BCUT2D eigenvalue weighted by Gasteiger charge is -2.23. The minimum atomic E-state index is -1.17. The van der Waals surface area contributed by atoms with Gasteiger partial charge in [0.1, 0.15) is 5.54 Å². The van der Waals surface area contributed by atoms with Crippen LogP contribution in [0.4, 0.5) is 0 Å². The molecule has 1 aliphatic rings. The number of hydrogen-bond acceptors (Lipinski definition) is 2. The lowest BCUT2D eigenvalue weighted by molar-refractivity contribution is -0.146. The minimum absolute atomic E-state index is 0.0615. The molecule has 0 saturated heterocycles. The largest absolute Gasteiger partial charge is 0.480 e. The standard InChI is InChI=1S/C10H17NO3/c1-6(7-4-5-7)8(12)11-10(2,3)9(13)14/h6-7H,4-5H2,1-3H3,(H,11,12)(H,13,14). The van der Waals surface area contributed by atoms with Crippen LogP contribution in [-0.2, 0) is 9.59 Å². The number of nitrogens with one attached hydrogen (secondary N) is 1. The van der Waals surface area contributed by atoms with Gasteiger partial charge in [0.25, 0.3) is 0 Å². The van der Waals surface area contributed by atoms with Crippen molar-refractivity contribution >= 4 is 11.9 Å². The molecule has 1 aliphatic carbocycles. The molecule has 2 N–H and O–H groups in total. The monoisotopic (exact) mass is 199 g/mol. The molecule has 14 heavy (non-hydrogen) atoms. The first-order valence-electron chi connectivity index (χ1n) is 4.90. The van der Waals surface area contributed by atoms with E-state index in [-0.39, 0.29) is 11.8 Å². The zero-order valence-corrected chi connectivity index (χ0v) is 8.83. The number of carbonyl (C=O) groups excluding carboxylic acids is 1. The van der Waals surface area contributed by atoms with Crippen LogP contribution in [0.15, 0.2) is 0 Å². The van der Waals surface area contributed by atoms with Gasteiger partial charge in [0, 0.05) is 5.92 Å². The average molecular weight is 199 g/mol. The van der Waals surface area contributed by atoms with Crippen molar-refractivity contribution in [1.82, 2.24) is 5.32 Å². The van der Waals surface area contributed by atoms with Crippen molar-refractivity contribution in [3.05, 3.63) is 0 Å². The fourth-order valence-electron chi connectivity index (χ4n) is 1.29. The zero-order valence-electron chi connectivity index (χ0n) is 8.83. The van der Waals surface area contributed by atoms with Crippen molar-refractivity contribution < 1.29 is 14.7 Å². The SMILES string of the molecule is CC(C(=O)NC(C)(C)C(=O)O)C1CC1. The van der Waals surface area contributed by atoms with Gasteiger partial charge in [-0.2, -0.15) is 0 Å². The van der Waals surface area contributed by atoms with Gasteiger partial charge in [-0.3, -0.25) is 4.79 Å². The third-order valence-corrected chi connectivity index (χ3v) is 2.71. The van der Waals surface area contributed by atoms with Crippen LogP contribution >= 0.6 is 0 Å². The van der Waals surface area contributed by atoms with E-state index in [9.17, 15) is 9.59 Å². The van der Waals surface area contributed by atoms with Gasteiger partial charge in [-0.05, 0) is 32.6 Å². The molecule has 80 valence electrons. The van der Waals surface area contributed by atoms with Crippen LogP contribution in [-0.4, -0.2) is 22.5 Å². The van der Waals surface area contributed by atoms with E-state index in [4.69, 9.17) is 5.11 Å². The molecule has 1 fully saturated rings. The highest BCUT2D eigenvalue weighted by molar-refractivity contribution is 5.87. The van der Waals surface area contributed by atoms with E-state index in [0.29, 0.717) is 5.92 Å². The predicted molar refractivity (Wildman–Crippen MR) is 51.7 cm³/mol. The number of carboxylic acids is 1. The van der Waals surface area contributed by atoms with Crippen molar-refractivity contribution in [2.45, 2.75) is 39.2 Å². The van der Waals surface area contributed by atoms with Gasteiger partial charge in [0.2, 0.25) is 5.91 Å². The number of hydrogen-bond donors (Lipinski definition) is 2. The maximum Gasteiger partial charge on any atom is 0.328 e. The van der Waals surface area contributed by atoms with Crippen molar-refractivity contribution in [2.75, 3.05) is 0 Å². The quantitative estimate of drug-likeness (QED) is 0.710. The van der Waals surface area contributed by atoms with Gasteiger partial charge >= 0.3 is 5.97 Å². The maximum atomic E-state index is 11.6. The minimum Gasteiger partial charge on any atom is -0.480 e. The summed E-state index contributed by atoms with van der Waals surface area (Å²) in [5.74, 6) is -0.762. The Morgan fingerprint density at radius 1 is 1.43 bits per heavy atom. The van der Waals surface area contributed by atoms with E-state index in [1.54, 1.807) is 0 Å². The molecule has 0 aliphatic heterocycles. The second-order valence-electron chi connectivity index (χ2n) is 4.55. The number of carboxylic acid groups (broad SMARTS) is 1. The molecule has 1 unspecified atom stereocenters. The molecule has 0 aromatic rings. The number of aliphatic carboxylic acids is 1. The van der Waals surface area contributed by atoms with Crippen molar-refractivity contribution in [3.63, 3.8) is 0 Å². The first kappa shape index (κ1) is 11.0. The fraction of sp³-hybridized carbons (Fsp3) is 0.800. The van der Waals surface area contributed by atoms with Gasteiger partial charge in [-0.25, -0.2) is 4.79 Å². The Bertz CT molecular complexity index is 256. The highest BCUT2D eigenvalue weighted by atomic mass is 16.4. The molecule has 0 bridgehead atoms. The van der Waals surface area contributed by atoms with Crippen molar-refractivity contribution in [3.8, 4) is 0 Å². The molecular weight excluding hydrogens is 182 g/mol. The van der Waals surface area contributed by atoms with Crippen LogP contribution in [0, 0.1) is 11.8 Å². The molecule has 0 aromatic carbocycles. The first-order chi connectivity index (χ1) is 6.34. The summed E-state index contributed by atoms with van der Waals surface area (Å²) in [6.07, 6.45) is 2.17. The Balaban J connectivity index is 2.50. The zero-order chi connectivity index (χ0) is 10.9. The Kier molecular flexibility index (Phi) is 2.83.